The second kappa shape index (κ2) is 10.4. The molecular weight excluding hydrogens is 364 g/mol. The summed E-state index contributed by atoms with van der Waals surface area (Å²) in [6.45, 7) is 2.03. The van der Waals surface area contributed by atoms with Crippen LogP contribution < -0.4 is 15.4 Å². The highest BCUT2D eigenvalue weighted by Gasteiger charge is 2.09. The van der Waals surface area contributed by atoms with Crippen molar-refractivity contribution in [2.75, 3.05) is 17.7 Å². The van der Waals surface area contributed by atoms with E-state index in [1.165, 1.54) is 13.2 Å². The summed E-state index contributed by atoms with van der Waals surface area (Å²) >= 11 is 5.84. The van der Waals surface area contributed by atoms with Gasteiger partial charge >= 0.3 is 0 Å². The molecule has 0 saturated heterocycles. The van der Waals surface area contributed by atoms with Crippen LogP contribution in [0.4, 0.5) is 11.4 Å². The summed E-state index contributed by atoms with van der Waals surface area (Å²) in [5.41, 5.74) is 2.02. The van der Waals surface area contributed by atoms with Gasteiger partial charge in [0.15, 0.2) is 0 Å². The van der Waals surface area contributed by atoms with Crippen molar-refractivity contribution in [1.29, 1.82) is 0 Å². The Morgan fingerprint density at radius 3 is 2.52 bits per heavy atom. The second-order valence-electron chi connectivity index (χ2n) is 5.94. The number of rotatable bonds is 8. The van der Waals surface area contributed by atoms with E-state index in [2.05, 4.69) is 10.6 Å². The molecule has 0 radical (unpaired) electrons. The first-order valence-electron chi connectivity index (χ1n) is 8.74. The van der Waals surface area contributed by atoms with Gasteiger partial charge in [0.2, 0.25) is 11.8 Å². The van der Waals surface area contributed by atoms with E-state index in [1.54, 1.807) is 36.4 Å². The maximum atomic E-state index is 12.1. The van der Waals surface area contributed by atoms with Crippen molar-refractivity contribution < 1.29 is 14.3 Å². The lowest BCUT2D eigenvalue weighted by Gasteiger charge is -2.12. The first-order chi connectivity index (χ1) is 13.0. The number of halogens is 1. The third-order valence-electron chi connectivity index (χ3n) is 3.80. The average molecular weight is 387 g/mol. The summed E-state index contributed by atoms with van der Waals surface area (Å²) in [7, 11) is 1.52. The smallest absolute Gasteiger partial charge is 0.248 e. The molecule has 2 rings (SSSR count). The lowest BCUT2D eigenvalue weighted by molar-refractivity contribution is -0.116. The summed E-state index contributed by atoms with van der Waals surface area (Å²) in [5.74, 6) is 0.156. The van der Waals surface area contributed by atoms with Crippen molar-refractivity contribution in [2.24, 2.45) is 0 Å². The Kier molecular flexibility index (Phi) is 7.89. The van der Waals surface area contributed by atoms with Crippen molar-refractivity contribution in [1.82, 2.24) is 0 Å². The lowest BCUT2D eigenvalue weighted by atomic mass is 10.2. The van der Waals surface area contributed by atoms with Gasteiger partial charge in [-0.3, -0.25) is 9.59 Å². The van der Waals surface area contributed by atoms with E-state index in [0.717, 1.165) is 18.4 Å². The Labute approximate surface area is 164 Å². The third-order valence-corrected chi connectivity index (χ3v) is 4.05. The molecule has 0 saturated carbocycles. The van der Waals surface area contributed by atoms with Gasteiger partial charge in [-0.1, -0.05) is 37.1 Å². The van der Waals surface area contributed by atoms with Gasteiger partial charge in [-0.2, -0.15) is 0 Å². The summed E-state index contributed by atoms with van der Waals surface area (Å²) in [5, 5.41) is 6.24. The number of unbranched alkanes of at least 4 members (excludes halogenated alkanes) is 1. The Balaban J connectivity index is 2.00. The molecule has 0 aliphatic carbocycles. The number of carbonyl (C=O) groups is 2. The van der Waals surface area contributed by atoms with Crippen LogP contribution in [0, 0.1) is 0 Å². The molecule has 142 valence electrons. The standard InChI is InChI=1S/C21H23ClN2O3/c1-3-4-5-20(25)24-18-12-11-17(14-19(18)27-2)23-21(26)13-8-15-6-9-16(22)10-7-15/h6-14H,3-5H2,1-2H3,(H,23,26)(H,24,25). The van der Waals surface area contributed by atoms with E-state index in [0.29, 0.717) is 28.6 Å². The zero-order chi connectivity index (χ0) is 19.6. The fraction of sp³-hybridized carbons (Fsp3) is 0.238. The van der Waals surface area contributed by atoms with E-state index >= 15 is 0 Å². The van der Waals surface area contributed by atoms with Crippen LogP contribution >= 0.6 is 11.6 Å². The molecule has 0 unspecified atom stereocenters. The highest BCUT2D eigenvalue weighted by atomic mass is 35.5. The highest BCUT2D eigenvalue weighted by molar-refractivity contribution is 6.30. The van der Waals surface area contributed by atoms with Crippen LogP contribution in [0.2, 0.25) is 5.02 Å². The molecule has 0 atom stereocenters. The van der Waals surface area contributed by atoms with E-state index in [9.17, 15) is 9.59 Å². The van der Waals surface area contributed by atoms with Crippen molar-refractivity contribution in [3.8, 4) is 5.75 Å². The predicted octanol–water partition coefficient (Wildman–Crippen LogP) is 5.13. The van der Waals surface area contributed by atoms with Crippen LogP contribution in [-0.2, 0) is 9.59 Å². The zero-order valence-electron chi connectivity index (χ0n) is 15.4. The number of hydrogen-bond acceptors (Lipinski definition) is 3. The van der Waals surface area contributed by atoms with Gasteiger partial charge in [-0.25, -0.2) is 0 Å². The summed E-state index contributed by atoms with van der Waals surface area (Å²) < 4.78 is 5.32. The third kappa shape index (κ3) is 6.79. The Morgan fingerprint density at radius 2 is 1.85 bits per heavy atom. The molecule has 2 aromatic rings. The quantitative estimate of drug-likeness (QED) is 0.618. The summed E-state index contributed by atoms with van der Waals surface area (Å²) in [4.78, 5) is 24.0. The minimum Gasteiger partial charge on any atom is -0.494 e. The van der Waals surface area contributed by atoms with Crippen LogP contribution in [0.3, 0.4) is 0 Å². The fourth-order valence-corrected chi connectivity index (χ4v) is 2.48. The van der Waals surface area contributed by atoms with Crippen molar-refractivity contribution >= 4 is 40.9 Å². The van der Waals surface area contributed by atoms with Gasteiger partial charge in [0, 0.05) is 29.3 Å². The SMILES string of the molecule is CCCCC(=O)Nc1ccc(NC(=O)C=Cc2ccc(Cl)cc2)cc1OC. The topological polar surface area (TPSA) is 67.4 Å². The molecule has 6 heteroatoms. The fourth-order valence-electron chi connectivity index (χ4n) is 2.35. The Morgan fingerprint density at radius 1 is 1.11 bits per heavy atom. The van der Waals surface area contributed by atoms with E-state index in [-0.39, 0.29) is 11.8 Å². The van der Waals surface area contributed by atoms with Gasteiger partial charge in [0.05, 0.1) is 12.8 Å². The summed E-state index contributed by atoms with van der Waals surface area (Å²) in [6.07, 6.45) is 5.40. The molecule has 2 N–H and O–H groups in total. The number of hydrogen-bond donors (Lipinski definition) is 2. The van der Waals surface area contributed by atoms with Crippen LogP contribution in [0.15, 0.2) is 48.5 Å². The molecule has 0 fully saturated rings. The monoisotopic (exact) mass is 386 g/mol. The lowest BCUT2D eigenvalue weighted by Crippen LogP contribution is -2.12. The van der Waals surface area contributed by atoms with Crippen LogP contribution in [0.25, 0.3) is 6.08 Å². The van der Waals surface area contributed by atoms with Crippen molar-refractivity contribution in [3.63, 3.8) is 0 Å². The number of anilines is 2. The highest BCUT2D eigenvalue weighted by Crippen LogP contribution is 2.28. The first kappa shape index (κ1) is 20.5. The van der Waals surface area contributed by atoms with Crippen LogP contribution in [0.5, 0.6) is 5.75 Å². The molecule has 0 spiro atoms. The van der Waals surface area contributed by atoms with Crippen LogP contribution in [-0.4, -0.2) is 18.9 Å². The minimum absolute atomic E-state index is 0.0576. The van der Waals surface area contributed by atoms with Gasteiger partial charge in [0.25, 0.3) is 0 Å². The molecule has 0 aromatic heterocycles. The molecule has 2 amide bonds. The molecule has 5 nitrogen and oxygen atoms in total. The van der Waals surface area contributed by atoms with Crippen LogP contribution in [0.1, 0.15) is 31.7 Å². The van der Waals surface area contributed by atoms with E-state index in [1.807, 2.05) is 19.1 Å². The molecular formula is C21H23ClN2O3. The molecule has 0 aliphatic heterocycles. The zero-order valence-corrected chi connectivity index (χ0v) is 16.2. The van der Waals surface area contributed by atoms with Gasteiger partial charge in [0.1, 0.15) is 5.75 Å². The number of ether oxygens (including phenoxy) is 1. The normalized spacial score (nSPS) is 10.6. The molecule has 0 heterocycles. The maximum absolute atomic E-state index is 12.1. The number of methoxy groups -OCH3 is 1. The van der Waals surface area contributed by atoms with Gasteiger partial charge in [-0.05, 0) is 42.3 Å². The number of amides is 2. The number of carbonyl (C=O) groups excluding carboxylic acids is 2. The molecule has 0 bridgehead atoms. The van der Waals surface area contributed by atoms with Crippen molar-refractivity contribution in [3.05, 3.63) is 59.1 Å². The molecule has 0 aliphatic rings. The van der Waals surface area contributed by atoms with E-state index < -0.39 is 0 Å². The first-order valence-corrected chi connectivity index (χ1v) is 9.12. The van der Waals surface area contributed by atoms with Crippen molar-refractivity contribution in [2.45, 2.75) is 26.2 Å². The second-order valence-corrected chi connectivity index (χ2v) is 6.38. The average Bonchev–Trinajstić information content (AvgIpc) is 2.67. The van der Waals surface area contributed by atoms with Gasteiger partial charge in [-0.15, -0.1) is 0 Å². The Bertz CT molecular complexity index is 817. The van der Waals surface area contributed by atoms with Gasteiger partial charge < -0.3 is 15.4 Å². The number of benzene rings is 2. The van der Waals surface area contributed by atoms with E-state index in [4.69, 9.17) is 16.3 Å². The summed E-state index contributed by atoms with van der Waals surface area (Å²) in [6, 6.07) is 12.3. The number of nitrogens with one attached hydrogen (secondary N) is 2. The predicted molar refractivity (Wildman–Crippen MR) is 110 cm³/mol. The molecule has 2 aromatic carbocycles. The molecule has 27 heavy (non-hydrogen) atoms. The minimum atomic E-state index is -0.272. The Hall–Kier alpha value is -2.79. The maximum Gasteiger partial charge on any atom is 0.248 e. The largest absolute Gasteiger partial charge is 0.494 e.